The first-order chi connectivity index (χ1) is 7.65. The number of hydrogen-bond acceptors (Lipinski definition) is 2. The van der Waals surface area contributed by atoms with Crippen LogP contribution in [-0.2, 0) is 0 Å². The third-order valence-electron chi connectivity index (χ3n) is 2.53. The summed E-state index contributed by atoms with van der Waals surface area (Å²) in [7, 11) is 0. The second-order valence-corrected chi connectivity index (χ2v) is 3.56. The molecule has 3 nitrogen and oxygen atoms in total. The lowest BCUT2D eigenvalue weighted by molar-refractivity contribution is 0.0941. The van der Waals surface area contributed by atoms with Gasteiger partial charge in [0.1, 0.15) is 6.10 Å². The topological polar surface area (TPSA) is 42.2 Å². The van der Waals surface area contributed by atoms with E-state index in [9.17, 15) is 9.90 Å². The van der Waals surface area contributed by atoms with Crippen LogP contribution in [0, 0.1) is 12.3 Å². The average molecular weight is 213 g/mol. The van der Waals surface area contributed by atoms with E-state index in [1.165, 1.54) is 11.5 Å². The Balaban J connectivity index is 2.78. The Labute approximate surface area is 93.3 Å². The van der Waals surface area contributed by atoms with Gasteiger partial charge in [0.2, 0.25) is 5.91 Å². The van der Waals surface area contributed by atoms with E-state index in [4.69, 9.17) is 6.42 Å². The minimum Gasteiger partial charge on any atom is -0.376 e. The number of hydrogen-bond donors (Lipinski definition) is 1. The van der Waals surface area contributed by atoms with E-state index in [1.54, 1.807) is 6.20 Å². The van der Waals surface area contributed by atoms with Crippen molar-refractivity contribution in [3.63, 3.8) is 0 Å². The second kappa shape index (κ2) is 3.84. The standard InChI is InChI=1S/C13H11NO2/c1-3-13(16)11-8-14(9(2)15)12-7-5-4-6-10(11)12/h1,4-8,13,16H,2H3. The molecule has 0 aliphatic rings. The predicted molar refractivity (Wildman–Crippen MR) is 62.0 cm³/mol. The number of fused-ring (bicyclic) bond motifs is 1. The summed E-state index contributed by atoms with van der Waals surface area (Å²) < 4.78 is 1.49. The molecule has 1 heterocycles. The molecule has 0 spiro atoms. The highest BCUT2D eigenvalue weighted by molar-refractivity contribution is 5.94. The van der Waals surface area contributed by atoms with Crippen molar-refractivity contribution in [2.24, 2.45) is 0 Å². The quantitative estimate of drug-likeness (QED) is 0.736. The van der Waals surface area contributed by atoms with Crippen LogP contribution in [0.2, 0.25) is 0 Å². The molecule has 1 unspecified atom stereocenters. The number of rotatable bonds is 1. The molecule has 2 rings (SSSR count). The molecule has 0 amide bonds. The van der Waals surface area contributed by atoms with Crippen LogP contribution < -0.4 is 0 Å². The molecular formula is C13H11NO2. The molecule has 1 atom stereocenters. The van der Waals surface area contributed by atoms with Gasteiger partial charge in [-0.05, 0) is 6.07 Å². The Kier molecular flexibility index (Phi) is 2.51. The van der Waals surface area contributed by atoms with Crippen molar-refractivity contribution < 1.29 is 9.90 Å². The Morgan fingerprint density at radius 2 is 2.19 bits per heavy atom. The molecule has 2 aromatic rings. The lowest BCUT2D eigenvalue weighted by Gasteiger charge is -1.99. The van der Waals surface area contributed by atoms with Gasteiger partial charge >= 0.3 is 0 Å². The maximum absolute atomic E-state index is 11.4. The minimum atomic E-state index is -0.981. The van der Waals surface area contributed by atoms with Crippen LogP contribution >= 0.6 is 0 Å². The summed E-state index contributed by atoms with van der Waals surface area (Å²) in [5, 5.41) is 10.5. The van der Waals surface area contributed by atoms with Crippen LogP contribution in [0.15, 0.2) is 30.5 Å². The fourth-order valence-electron chi connectivity index (χ4n) is 1.77. The molecule has 1 N–H and O–H groups in total. The SMILES string of the molecule is C#CC(O)c1cn(C(C)=O)c2ccccc12. The number of benzene rings is 1. The van der Waals surface area contributed by atoms with E-state index in [1.807, 2.05) is 24.3 Å². The molecule has 0 saturated heterocycles. The van der Waals surface area contributed by atoms with E-state index in [0.717, 1.165) is 10.9 Å². The van der Waals surface area contributed by atoms with Gasteiger partial charge in [0.05, 0.1) is 5.52 Å². The van der Waals surface area contributed by atoms with Gasteiger partial charge in [-0.15, -0.1) is 6.42 Å². The zero-order chi connectivity index (χ0) is 11.7. The van der Waals surface area contributed by atoms with E-state index in [-0.39, 0.29) is 5.91 Å². The molecule has 0 saturated carbocycles. The van der Waals surface area contributed by atoms with Crippen molar-refractivity contribution in [1.29, 1.82) is 0 Å². The highest BCUT2D eigenvalue weighted by Gasteiger charge is 2.14. The predicted octanol–water partition coefficient (Wildman–Crippen LogP) is 1.97. The van der Waals surface area contributed by atoms with Gasteiger partial charge in [-0.1, -0.05) is 24.1 Å². The summed E-state index contributed by atoms with van der Waals surface area (Å²) in [6.07, 6.45) is 5.80. The number of terminal acetylenes is 1. The number of carbonyl (C=O) groups excluding carboxylic acids is 1. The fourth-order valence-corrected chi connectivity index (χ4v) is 1.77. The van der Waals surface area contributed by atoms with E-state index in [0.29, 0.717) is 5.56 Å². The number of carbonyl (C=O) groups is 1. The maximum Gasteiger partial charge on any atom is 0.227 e. The van der Waals surface area contributed by atoms with Crippen LogP contribution in [0.25, 0.3) is 10.9 Å². The van der Waals surface area contributed by atoms with Crippen LogP contribution in [0.1, 0.15) is 23.4 Å². The second-order valence-electron chi connectivity index (χ2n) is 3.56. The highest BCUT2D eigenvalue weighted by Crippen LogP contribution is 2.26. The molecule has 1 aromatic carbocycles. The normalized spacial score (nSPS) is 12.3. The van der Waals surface area contributed by atoms with Crippen molar-refractivity contribution in [1.82, 2.24) is 4.57 Å². The number of aromatic nitrogens is 1. The number of aliphatic hydroxyl groups excluding tert-OH is 1. The fraction of sp³-hybridized carbons (Fsp3) is 0.154. The number of para-hydroxylation sites is 1. The third-order valence-corrected chi connectivity index (χ3v) is 2.53. The first-order valence-corrected chi connectivity index (χ1v) is 4.90. The molecule has 80 valence electrons. The molecule has 16 heavy (non-hydrogen) atoms. The summed E-state index contributed by atoms with van der Waals surface area (Å²) in [5.74, 6) is 2.15. The van der Waals surface area contributed by atoms with Crippen LogP contribution in [-0.4, -0.2) is 15.6 Å². The van der Waals surface area contributed by atoms with Crippen molar-refractivity contribution >= 4 is 16.8 Å². The third kappa shape index (κ3) is 1.50. The van der Waals surface area contributed by atoms with Crippen molar-refractivity contribution in [3.8, 4) is 12.3 Å². The molecular weight excluding hydrogens is 202 g/mol. The molecule has 3 heteroatoms. The van der Waals surface area contributed by atoms with Gasteiger partial charge in [0.15, 0.2) is 0 Å². The molecule has 0 radical (unpaired) electrons. The van der Waals surface area contributed by atoms with Crippen molar-refractivity contribution in [3.05, 3.63) is 36.0 Å². The van der Waals surface area contributed by atoms with Gasteiger partial charge in [-0.3, -0.25) is 9.36 Å². The van der Waals surface area contributed by atoms with Gasteiger partial charge in [0.25, 0.3) is 0 Å². The Morgan fingerprint density at radius 1 is 1.50 bits per heavy atom. The molecule has 0 aliphatic carbocycles. The Morgan fingerprint density at radius 3 is 2.81 bits per heavy atom. The smallest absolute Gasteiger partial charge is 0.227 e. The Bertz CT molecular complexity index is 589. The summed E-state index contributed by atoms with van der Waals surface area (Å²) in [6, 6.07) is 7.35. The van der Waals surface area contributed by atoms with Crippen molar-refractivity contribution in [2.75, 3.05) is 0 Å². The van der Waals surface area contributed by atoms with E-state index >= 15 is 0 Å². The zero-order valence-electron chi connectivity index (χ0n) is 8.84. The molecule has 0 bridgehead atoms. The van der Waals surface area contributed by atoms with Crippen LogP contribution in [0.5, 0.6) is 0 Å². The number of nitrogens with zero attached hydrogens (tertiary/aromatic N) is 1. The molecule has 0 fully saturated rings. The minimum absolute atomic E-state index is 0.105. The Hall–Kier alpha value is -2.05. The van der Waals surface area contributed by atoms with E-state index < -0.39 is 6.10 Å². The first kappa shape index (κ1) is 10.5. The van der Waals surface area contributed by atoms with E-state index in [2.05, 4.69) is 5.92 Å². The van der Waals surface area contributed by atoms with Gasteiger partial charge in [-0.2, -0.15) is 0 Å². The van der Waals surface area contributed by atoms with Gasteiger partial charge in [0, 0.05) is 24.1 Å². The lowest BCUT2D eigenvalue weighted by atomic mass is 10.1. The van der Waals surface area contributed by atoms with Gasteiger partial charge < -0.3 is 5.11 Å². The molecule has 1 aromatic heterocycles. The monoisotopic (exact) mass is 213 g/mol. The van der Waals surface area contributed by atoms with Crippen molar-refractivity contribution in [2.45, 2.75) is 13.0 Å². The highest BCUT2D eigenvalue weighted by atomic mass is 16.3. The van der Waals surface area contributed by atoms with Gasteiger partial charge in [-0.25, -0.2) is 0 Å². The maximum atomic E-state index is 11.4. The van der Waals surface area contributed by atoms with Crippen LogP contribution in [0.4, 0.5) is 0 Å². The lowest BCUT2D eigenvalue weighted by Crippen LogP contribution is -2.03. The zero-order valence-corrected chi connectivity index (χ0v) is 8.84. The summed E-state index contributed by atoms with van der Waals surface area (Å²) in [4.78, 5) is 11.4. The summed E-state index contributed by atoms with van der Waals surface area (Å²) in [6.45, 7) is 1.47. The summed E-state index contributed by atoms with van der Waals surface area (Å²) in [5.41, 5.74) is 1.35. The molecule has 0 aliphatic heterocycles. The summed E-state index contributed by atoms with van der Waals surface area (Å²) >= 11 is 0. The largest absolute Gasteiger partial charge is 0.376 e. The number of aliphatic hydroxyl groups is 1. The average Bonchev–Trinajstić information content (AvgIpc) is 2.67. The first-order valence-electron chi connectivity index (χ1n) is 4.90. The van der Waals surface area contributed by atoms with Crippen LogP contribution in [0.3, 0.4) is 0 Å².